The number of amides is 1. The predicted molar refractivity (Wildman–Crippen MR) is 136 cm³/mol. The Bertz CT molecular complexity index is 1240. The Balaban J connectivity index is 1.90. The molecule has 180 valence electrons. The summed E-state index contributed by atoms with van der Waals surface area (Å²) in [6.45, 7) is 6.01. The van der Waals surface area contributed by atoms with Crippen molar-refractivity contribution >= 4 is 21.6 Å². The molecule has 0 radical (unpaired) electrons. The number of carbonyl (C=O) groups is 1. The number of benzene rings is 3. The molecule has 0 unspecified atom stereocenters. The molecule has 0 fully saturated rings. The fourth-order valence-electron chi connectivity index (χ4n) is 3.76. The lowest BCUT2D eigenvalue weighted by molar-refractivity contribution is -0.119. The van der Waals surface area contributed by atoms with Crippen molar-refractivity contribution in [2.75, 3.05) is 18.0 Å². The summed E-state index contributed by atoms with van der Waals surface area (Å²) in [4.78, 5) is 13.1. The Morgan fingerprint density at radius 1 is 0.941 bits per heavy atom. The molecule has 6 nitrogen and oxygen atoms in total. The molecule has 3 aromatic carbocycles. The van der Waals surface area contributed by atoms with Gasteiger partial charge in [-0.2, -0.15) is 0 Å². The second-order valence-electron chi connectivity index (χ2n) is 8.08. The minimum atomic E-state index is -4.01. The van der Waals surface area contributed by atoms with Gasteiger partial charge in [-0.25, -0.2) is 8.42 Å². The van der Waals surface area contributed by atoms with Crippen LogP contribution in [0.25, 0.3) is 0 Å². The van der Waals surface area contributed by atoms with E-state index in [2.05, 4.69) is 37.4 Å². The maximum atomic E-state index is 13.6. The largest absolute Gasteiger partial charge is 0.495 e. The van der Waals surface area contributed by atoms with Crippen LogP contribution in [-0.4, -0.2) is 28.0 Å². The van der Waals surface area contributed by atoms with Crippen molar-refractivity contribution < 1.29 is 17.9 Å². The van der Waals surface area contributed by atoms with Crippen LogP contribution in [0.15, 0.2) is 71.6 Å². The van der Waals surface area contributed by atoms with E-state index in [1.54, 1.807) is 48.5 Å². The van der Waals surface area contributed by atoms with Gasteiger partial charge in [-0.1, -0.05) is 61.9 Å². The second kappa shape index (κ2) is 11.2. The van der Waals surface area contributed by atoms with Crippen molar-refractivity contribution in [2.24, 2.45) is 0 Å². The average molecular weight is 481 g/mol. The molecule has 0 atom stereocenters. The minimum Gasteiger partial charge on any atom is -0.495 e. The molecule has 3 aromatic rings. The van der Waals surface area contributed by atoms with Crippen molar-refractivity contribution in [2.45, 2.75) is 45.1 Å². The van der Waals surface area contributed by atoms with Gasteiger partial charge in [0.05, 0.1) is 17.7 Å². The van der Waals surface area contributed by atoms with E-state index in [-0.39, 0.29) is 11.4 Å². The van der Waals surface area contributed by atoms with Gasteiger partial charge >= 0.3 is 0 Å². The van der Waals surface area contributed by atoms with Gasteiger partial charge in [0.15, 0.2) is 0 Å². The number of ether oxygens (including phenoxy) is 1. The zero-order chi connectivity index (χ0) is 24.7. The highest BCUT2D eigenvalue weighted by Crippen LogP contribution is 2.32. The van der Waals surface area contributed by atoms with Crippen LogP contribution < -0.4 is 14.4 Å². The highest BCUT2D eigenvalue weighted by Gasteiger charge is 2.29. The summed E-state index contributed by atoms with van der Waals surface area (Å²) in [5.74, 6) is -0.0274. The Labute approximate surface area is 202 Å². The normalized spacial score (nSPS) is 11.2. The van der Waals surface area contributed by atoms with Gasteiger partial charge in [0.2, 0.25) is 5.91 Å². The maximum Gasteiger partial charge on any atom is 0.264 e. The molecular formula is C27H32N2O4S. The highest BCUT2D eigenvalue weighted by molar-refractivity contribution is 7.92. The lowest BCUT2D eigenvalue weighted by Crippen LogP contribution is -2.41. The van der Waals surface area contributed by atoms with E-state index in [1.807, 2.05) is 6.92 Å². The van der Waals surface area contributed by atoms with E-state index in [1.165, 1.54) is 12.7 Å². The number of hydrogen-bond donors (Lipinski definition) is 1. The molecule has 0 aliphatic carbocycles. The first kappa shape index (κ1) is 25.3. The summed E-state index contributed by atoms with van der Waals surface area (Å²) in [5.41, 5.74) is 4.65. The fourth-order valence-corrected chi connectivity index (χ4v) is 5.19. The molecule has 34 heavy (non-hydrogen) atoms. The predicted octanol–water partition coefficient (Wildman–Crippen LogP) is 4.64. The molecule has 0 bridgehead atoms. The quantitative estimate of drug-likeness (QED) is 0.459. The molecule has 0 saturated heterocycles. The Morgan fingerprint density at radius 3 is 2.29 bits per heavy atom. The van der Waals surface area contributed by atoms with Crippen molar-refractivity contribution in [3.05, 3.63) is 89.0 Å². The number of para-hydroxylation sites is 2. The van der Waals surface area contributed by atoms with Gasteiger partial charge in [-0.15, -0.1) is 0 Å². The maximum absolute atomic E-state index is 13.6. The van der Waals surface area contributed by atoms with Crippen molar-refractivity contribution in [3.63, 3.8) is 0 Å². The van der Waals surface area contributed by atoms with E-state index in [4.69, 9.17) is 4.74 Å². The SMILES string of the molecule is CCc1ccc(CC)c(CNC(=O)CN(c2ccccc2OC)S(=O)(=O)c2ccc(C)cc2)c1. The van der Waals surface area contributed by atoms with Gasteiger partial charge in [0, 0.05) is 6.54 Å². The molecule has 0 aliphatic heterocycles. The summed E-state index contributed by atoms with van der Waals surface area (Å²) in [7, 11) is -2.54. The number of hydrogen-bond acceptors (Lipinski definition) is 4. The number of nitrogens with zero attached hydrogens (tertiary/aromatic N) is 1. The smallest absolute Gasteiger partial charge is 0.264 e. The minimum absolute atomic E-state index is 0.112. The molecule has 0 spiro atoms. The van der Waals surface area contributed by atoms with Crippen LogP contribution in [0, 0.1) is 6.92 Å². The molecule has 7 heteroatoms. The summed E-state index contributed by atoms with van der Waals surface area (Å²) >= 11 is 0. The summed E-state index contributed by atoms with van der Waals surface area (Å²) in [6, 6.07) is 19.6. The molecule has 0 heterocycles. The zero-order valence-corrected chi connectivity index (χ0v) is 21.0. The average Bonchev–Trinajstić information content (AvgIpc) is 2.85. The number of rotatable bonds is 10. The molecule has 1 N–H and O–H groups in total. The number of aryl methyl sites for hydroxylation is 3. The van der Waals surface area contributed by atoms with Gasteiger partial charge in [-0.3, -0.25) is 9.10 Å². The first-order valence-corrected chi connectivity index (χ1v) is 12.8. The Kier molecular flexibility index (Phi) is 8.34. The molecular weight excluding hydrogens is 448 g/mol. The van der Waals surface area contributed by atoms with Crippen LogP contribution in [-0.2, 0) is 34.2 Å². The molecule has 0 saturated carbocycles. The van der Waals surface area contributed by atoms with E-state index >= 15 is 0 Å². The van der Waals surface area contributed by atoms with E-state index in [0.717, 1.165) is 33.8 Å². The number of methoxy groups -OCH3 is 1. The monoisotopic (exact) mass is 480 g/mol. The topological polar surface area (TPSA) is 75.7 Å². The first-order chi connectivity index (χ1) is 16.3. The Hall–Kier alpha value is -3.32. The summed E-state index contributed by atoms with van der Waals surface area (Å²) in [5, 5.41) is 2.91. The number of carbonyl (C=O) groups excluding carboxylic acids is 1. The van der Waals surface area contributed by atoms with Crippen LogP contribution in [0.2, 0.25) is 0 Å². The second-order valence-corrected chi connectivity index (χ2v) is 9.95. The van der Waals surface area contributed by atoms with E-state index in [0.29, 0.717) is 18.0 Å². The van der Waals surface area contributed by atoms with Crippen LogP contribution in [0.4, 0.5) is 5.69 Å². The standard InChI is InChI=1S/C27H32N2O4S/c1-5-21-13-14-22(6-2)23(17-21)18-28-27(30)19-29(25-9-7-8-10-26(25)33-4)34(31,32)24-15-11-20(3)12-16-24/h7-17H,5-6,18-19H2,1-4H3,(H,28,30). The van der Waals surface area contributed by atoms with Crippen LogP contribution in [0.3, 0.4) is 0 Å². The highest BCUT2D eigenvalue weighted by atomic mass is 32.2. The molecule has 1 amide bonds. The summed E-state index contributed by atoms with van der Waals surface area (Å²) < 4.78 is 33.7. The third-order valence-electron chi connectivity index (χ3n) is 5.79. The van der Waals surface area contributed by atoms with Crippen molar-refractivity contribution in [1.29, 1.82) is 0 Å². The number of sulfonamides is 1. The van der Waals surface area contributed by atoms with Gasteiger partial charge in [0.25, 0.3) is 10.0 Å². The van der Waals surface area contributed by atoms with Crippen LogP contribution >= 0.6 is 0 Å². The van der Waals surface area contributed by atoms with Crippen molar-refractivity contribution in [3.8, 4) is 5.75 Å². The Morgan fingerprint density at radius 2 is 1.65 bits per heavy atom. The van der Waals surface area contributed by atoms with Gasteiger partial charge < -0.3 is 10.1 Å². The van der Waals surface area contributed by atoms with Crippen LogP contribution in [0.1, 0.15) is 36.1 Å². The van der Waals surface area contributed by atoms with Crippen LogP contribution in [0.5, 0.6) is 5.75 Å². The number of nitrogens with one attached hydrogen (secondary N) is 1. The summed E-state index contributed by atoms with van der Waals surface area (Å²) in [6.07, 6.45) is 1.76. The van der Waals surface area contributed by atoms with Crippen molar-refractivity contribution in [1.82, 2.24) is 5.32 Å². The lowest BCUT2D eigenvalue weighted by atomic mass is 10.0. The zero-order valence-electron chi connectivity index (χ0n) is 20.2. The third kappa shape index (κ3) is 5.78. The third-order valence-corrected chi connectivity index (χ3v) is 7.56. The van der Waals surface area contributed by atoms with E-state index < -0.39 is 15.9 Å². The van der Waals surface area contributed by atoms with Gasteiger partial charge in [0.1, 0.15) is 12.3 Å². The van der Waals surface area contributed by atoms with Gasteiger partial charge in [-0.05, 0) is 60.7 Å². The van der Waals surface area contributed by atoms with E-state index in [9.17, 15) is 13.2 Å². The molecule has 3 rings (SSSR count). The molecule has 0 aliphatic rings. The lowest BCUT2D eigenvalue weighted by Gasteiger charge is -2.25. The number of anilines is 1. The first-order valence-electron chi connectivity index (χ1n) is 11.4. The fraction of sp³-hybridized carbons (Fsp3) is 0.296. The molecule has 0 aromatic heterocycles.